The van der Waals surface area contributed by atoms with Gasteiger partial charge in [0.05, 0.1) is 0 Å². The van der Waals surface area contributed by atoms with E-state index in [1.807, 2.05) is 0 Å². The zero-order valence-electron chi connectivity index (χ0n) is 7.73. The molecule has 0 saturated heterocycles. The molecule has 11 heavy (non-hydrogen) atoms. The Morgan fingerprint density at radius 3 is 2.27 bits per heavy atom. The Morgan fingerprint density at radius 1 is 1.27 bits per heavy atom. The van der Waals surface area contributed by atoms with Gasteiger partial charge < -0.3 is 0 Å². The minimum atomic E-state index is -0.659. The van der Waals surface area contributed by atoms with Crippen LogP contribution in [-0.4, -0.2) is 14.7 Å². The largest absolute Gasteiger partial charge is 0.259 e. The van der Waals surface area contributed by atoms with Crippen molar-refractivity contribution in [1.29, 1.82) is 0 Å². The molecular weight excluding hydrogens is 156 g/mol. The van der Waals surface area contributed by atoms with Crippen LogP contribution in [0.2, 0.25) is 0 Å². The first-order chi connectivity index (χ1) is 4.93. The number of hydrogen-bond acceptors (Lipinski definition) is 1. The zero-order chi connectivity index (χ0) is 8.65. The Hall–Kier alpha value is -0.110. The summed E-state index contributed by atoms with van der Waals surface area (Å²) in [6.45, 7) is 8.40. The average Bonchev–Trinajstić information content (AvgIpc) is 1.83. The number of rotatable bonds is 0. The highest BCUT2D eigenvalue weighted by atomic mass is 32.2. The molecule has 0 N–H and O–H groups in total. The predicted molar refractivity (Wildman–Crippen MR) is 50.1 cm³/mol. The molecule has 64 valence electrons. The Morgan fingerprint density at radius 2 is 1.82 bits per heavy atom. The highest BCUT2D eigenvalue weighted by Gasteiger charge is 2.30. The molecule has 0 aliphatic carbocycles. The van der Waals surface area contributed by atoms with Gasteiger partial charge in [0.15, 0.2) is 0 Å². The molecule has 1 heterocycles. The normalized spacial score (nSPS) is 30.7. The van der Waals surface area contributed by atoms with Gasteiger partial charge in [0.25, 0.3) is 0 Å². The topological polar surface area (TPSA) is 17.1 Å². The molecule has 1 nitrogen and oxygen atoms in total. The second-order valence-corrected chi connectivity index (χ2v) is 6.07. The molecular formula is C9H16OS. The van der Waals surface area contributed by atoms with Crippen LogP contribution in [0.5, 0.6) is 0 Å². The quantitative estimate of drug-likeness (QED) is 0.512. The summed E-state index contributed by atoms with van der Waals surface area (Å²) in [5, 5.41) is 0. The van der Waals surface area contributed by atoms with E-state index in [2.05, 4.69) is 27.7 Å². The van der Waals surface area contributed by atoms with Crippen LogP contribution in [0, 0.1) is 0 Å². The predicted octanol–water partition coefficient (Wildman–Crippen LogP) is 2.25. The molecule has 0 aromatic rings. The molecule has 1 aliphatic rings. The van der Waals surface area contributed by atoms with E-state index < -0.39 is 10.8 Å². The number of allylic oxidation sites excluding steroid dienone is 1. The van der Waals surface area contributed by atoms with Crippen molar-refractivity contribution in [1.82, 2.24) is 0 Å². The van der Waals surface area contributed by atoms with Gasteiger partial charge in [-0.1, -0.05) is 11.1 Å². The third-order valence-corrected chi connectivity index (χ3v) is 4.46. The van der Waals surface area contributed by atoms with Crippen LogP contribution in [0.1, 0.15) is 34.1 Å². The Kier molecular flexibility index (Phi) is 2.24. The second kappa shape index (κ2) is 2.74. The van der Waals surface area contributed by atoms with E-state index in [4.69, 9.17) is 0 Å². The van der Waals surface area contributed by atoms with Gasteiger partial charge in [-0.15, -0.1) is 0 Å². The van der Waals surface area contributed by atoms with E-state index in [-0.39, 0.29) is 4.75 Å². The molecule has 0 bridgehead atoms. The van der Waals surface area contributed by atoms with E-state index in [0.717, 1.165) is 12.2 Å². The Bertz CT molecular complexity index is 226. The van der Waals surface area contributed by atoms with Crippen LogP contribution in [0.15, 0.2) is 11.1 Å². The van der Waals surface area contributed by atoms with Crippen molar-refractivity contribution in [2.75, 3.05) is 5.75 Å². The van der Waals surface area contributed by atoms with Crippen LogP contribution in [0.4, 0.5) is 0 Å². The smallest absolute Gasteiger partial charge is 0.0450 e. The number of hydrogen-bond donors (Lipinski definition) is 0. The maximum Gasteiger partial charge on any atom is 0.0450 e. The molecule has 1 unspecified atom stereocenters. The van der Waals surface area contributed by atoms with Gasteiger partial charge in [-0.05, 0) is 34.1 Å². The molecule has 0 amide bonds. The first-order valence-electron chi connectivity index (χ1n) is 3.97. The van der Waals surface area contributed by atoms with Crippen LogP contribution >= 0.6 is 0 Å². The molecule has 1 rings (SSSR count). The van der Waals surface area contributed by atoms with E-state index in [0.29, 0.717) is 0 Å². The molecule has 1 atom stereocenters. The SMILES string of the molecule is CC1=C(C)CC(C)(C)S(=O)C1. The first kappa shape index (κ1) is 8.98. The summed E-state index contributed by atoms with van der Waals surface area (Å²) in [5.41, 5.74) is 2.75. The maximum atomic E-state index is 11.5. The van der Waals surface area contributed by atoms with Crippen LogP contribution in [0.25, 0.3) is 0 Å². The summed E-state index contributed by atoms with van der Waals surface area (Å²) < 4.78 is 11.6. The lowest BCUT2D eigenvalue weighted by Gasteiger charge is -2.30. The van der Waals surface area contributed by atoms with E-state index >= 15 is 0 Å². The van der Waals surface area contributed by atoms with Gasteiger partial charge in [0.1, 0.15) is 0 Å². The fourth-order valence-corrected chi connectivity index (χ4v) is 2.79. The summed E-state index contributed by atoms with van der Waals surface area (Å²) in [6.07, 6.45) is 0.992. The second-order valence-electron chi connectivity index (χ2n) is 3.99. The van der Waals surface area contributed by atoms with Crippen molar-refractivity contribution in [3.8, 4) is 0 Å². The molecule has 2 heteroatoms. The third-order valence-electron chi connectivity index (χ3n) is 2.38. The summed E-state index contributed by atoms with van der Waals surface area (Å²) >= 11 is 0. The lowest BCUT2D eigenvalue weighted by Crippen LogP contribution is -2.33. The van der Waals surface area contributed by atoms with Crippen molar-refractivity contribution in [2.45, 2.75) is 38.9 Å². The first-order valence-corrected chi connectivity index (χ1v) is 5.29. The average molecular weight is 172 g/mol. The zero-order valence-corrected chi connectivity index (χ0v) is 8.55. The summed E-state index contributed by atoms with van der Waals surface area (Å²) in [6, 6.07) is 0. The Labute approximate surface area is 71.3 Å². The lowest BCUT2D eigenvalue weighted by molar-refractivity contribution is 0.612. The van der Waals surface area contributed by atoms with E-state index in [1.165, 1.54) is 11.1 Å². The Balaban J connectivity index is 2.93. The minimum Gasteiger partial charge on any atom is -0.259 e. The molecule has 0 radical (unpaired) electrons. The standard InChI is InChI=1S/C9H16OS/c1-7-5-9(3,4)11(10)6-8(7)2/h5-6H2,1-4H3. The highest BCUT2D eigenvalue weighted by molar-refractivity contribution is 7.86. The van der Waals surface area contributed by atoms with Gasteiger partial charge in [0, 0.05) is 21.3 Å². The van der Waals surface area contributed by atoms with Crippen molar-refractivity contribution in [2.24, 2.45) is 0 Å². The summed E-state index contributed by atoms with van der Waals surface area (Å²) in [5.74, 6) is 0.777. The van der Waals surface area contributed by atoms with Crippen LogP contribution in [-0.2, 0) is 10.8 Å². The van der Waals surface area contributed by atoms with Crippen molar-refractivity contribution in [3.63, 3.8) is 0 Å². The fourth-order valence-electron chi connectivity index (χ4n) is 1.39. The third kappa shape index (κ3) is 1.73. The molecule has 0 aromatic heterocycles. The van der Waals surface area contributed by atoms with Crippen molar-refractivity contribution in [3.05, 3.63) is 11.1 Å². The van der Waals surface area contributed by atoms with E-state index in [1.54, 1.807) is 0 Å². The maximum absolute atomic E-state index is 11.5. The molecule has 1 aliphatic heterocycles. The molecule has 0 saturated carbocycles. The molecule has 0 fully saturated rings. The van der Waals surface area contributed by atoms with Crippen molar-refractivity contribution < 1.29 is 4.21 Å². The van der Waals surface area contributed by atoms with Gasteiger partial charge in [-0.25, -0.2) is 0 Å². The monoisotopic (exact) mass is 172 g/mol. The molecule has 0 aromatic carbocycles. The lowest BCUT2D eigenvalue weighted by atomic mass is 9.99. The van der Waals surface area contributed by atoms with Gasteiger partial charge in [-0.3, -0.25) is 4.21 Å². The fraction of sp³-hybridized carbons (Fsp3) is 0.778. The minimum absolute atomic E-state index is 0.00356. The van der Waals surface area contributed by atoms with Gasteiger partial charge in [0.2, 0.25) is 0 Å². The molecule has 0 spiro atoms. The van der Waals surface area contributed by atoms with Gasteiger partial charge in [-0.2, -0.15) is 0 Å². The van der Waals surface area contributed by atoms with Crippen LogP contribution < -0.4 is 0 Å². The summed E-state index contributed by atoms with van der Waals surface area (Å²) in [4.78, 5) is 0. The summed E-state index contributed by atoms with van der Waals surface area (Å²) in [7, 11) is -0.659. The van der Waals surface area contributed by atoms with E-state index in [9.17, 15) is 4.21 Å². The highest BCUT2D eigenvalue weighted by Crippen LogP contribution is 2.30. The van der Waals surface area contributed by atoms with Gasteiger partial charge >= 0.3 is 0 Å². The van der Waals surface area contributed by atoms with Crippen LogP contribution in [0.3, 0.4) is 0 Å². The van der Waals surface area contributed by atoms with Crippen molar-refractivity contribution >= 4 is 10.8 Å².